The van der Waals surface area contributed by atoms with E-state index >= 15 is 0 Å². The molecule has 2 nitrogen and oxygen atoms in total. The van der Waals surface area contributed by atoms with Gasteiger partial charge in [-0.2, -0.15) is 0 Å². The molecule has 0 spiro atoms. The molecule has 0 aliphatic heterocycles. The highest BCUT2D eigenvalue weighted by atomic mass is 16.1. The van der Waals surface area contributed by atoms with Crippen molar-refractivity contribution in [2.75, 3.05) is 0 Å². The summed E-state index contributed by atoms with van der Waals surface area (Å²) in [7, 11) is 0. The molecule has 0 aliphatic rings. The van der Waals surface area contributed by atoms with Crippen molar-refractivity contribution in [1.82, 2.24) is 0 Å². The molecule has 0 unspecified atom stereocenters. The van der Waals surface area contributed by atoms with Gasteiger partial charge < -0.3 is 5.73 Å². The number of aryl methyl sites for hydroxylation is 1. The van der Waals surface area contributed by atoms with Gasteiger partial charge in [-0.25, -0.2) is 0 Å². The number of hydrogen-bond donors (Lipinski definition) is 1. The normalized spacial score (nSPS) is 11.3. The van der Waals surface area contributed by atoms with Gasteiger partial charge in [0.25, 0.3) is 0 Å². The van der Waals surface area contributed by atoms with Crippen molar-refractivity contribution in [3.05, 3.63) is 60.2 Å². The topological polar surface area (TPSA) is 43.1 Å². The van der Waals surface area contributed by atoms with Gasteiger partial charge in [-0.15, -0.1) is 0 Å². The average Bonchev–Trinajstić information content (AvgIpc) is 2.37. The molecule has 1 aromatic rings. The van der Waals surface area contributed by atoms with E-state index in [4.69, 9.17) is 5.73 Å². The summed E-state index contributed by atoms with van der Waals surface area (Å²) in [5.41, 5.74) is 6.38. The molecular formula is C16H21NO. The Morgan fingerprint density at radius 3 is 2.56 bits per heavy atom. The van der Waals surface area contributed by atoms with Crippen LogP contribution in [0.1, 0.15) is 31.2 Å². The van der Waals surface area contributed by atoms with Crippen LogP contribution in [-0.2, 0) is 11.2 Å². The molecule has 96 valence electrons. The van der Waals surface area contributed by atoms with Crippen molar-refractivity contribution in [2.45, 2.75) is 32.1 Å². The number of unbranched alkanes of at least 4 members (excludes halogenated alkanes) is 3. The Morgan fingerprint density at radius 1 is 1.06 bits per heavy atom. The predicted octanol–water partition coefficient (Wildman–Crippen LogP) is 3.39. The van der Waals surface area contributed by atoms with E-state index in [-0.39, 0.29) is 0 Å². The van der Waals surface area contributed by atoms with Crippen LogP contribution in [0.5, 0.6) is 0 Å². The summed E-state index contributed by atoms with van der Waals surface area (Å²) in [5.74, 6) is -0.400. The maximum atomic E-state index is 10.4. The van der Waals surface area contributed by atoms with Gasteiger partial charge in [0.15, 0.2) is 0 Å². The molecule has 0 atom stereocenters. The zero-order valence-electron chi connectivity index (χ0n) is 10.7. The largest absolute Gasteiger partial charge is 0.366 e. The molecule has 1 aromatic carbocycles. The van der Waals surface area contributed by atoms with Crippen molar-refractivity contribution in [1.29, 1.82) is 0 Å². The molecular weight excluding hydrogens is 222 g/mol. The Balaban J connectivity index is 2.01. The number of allylic oxidation sites excluding steroid dienone is 3. The standard InChI is InChI=1S/C16H21NO/c17-16(18)14-10-5-3-1-2-4-7-11-15-12-8-6-9-13-15/h3,5-6,8-10,12-14H,1-2,4,7,11H2,(H2,17,18)/b5-3+,14-10+. The second kappa shape index (κ2) is 9.23. The van der Waals surface area contributed by atoms with E-state index < -0.39 is 5.91 Å². The van der Waals surface area contributed by atoms with Gasteiger partial charge in [-0.05, 0) is 31.2 Å². The minimum Gasteiger partial charge on any atom is -0.366 e. The lowest BCUT2D eigenvalue weighted by molar-refractivity contribution is -0.113. The maximum Gasteiger partial charge on any atom is 0.241 e. The van der Waals surface area contributed by atoms with Crippen LogP contribution in [0.25, 0.3) is 0 Å². The lowest BCUT2D eigenvalue weighted by Crippen LogP contribution is -2.04. The first kappa shape index (κ1) is 14.2. The van der Waals surface area contributed by atoms with E-state index in [1.807, 2.05) is 12.1 Å². The van der Waals surface area contributed by atoms with E-state index in [2.05, 4.69) is 30.3 Å². The summed E-state index contributed by atoms with van der Waals surface area (Å²) in [5, 5.41) is 0. The lowest BCUT2D eigenvalue weighted by Gasteiger charge is -2.00. The zero-order valence-corrected chi connectivity index (χ0v) is 10.7. The molecule has 0 saturated carbocycles. The first-order valence-electron chi connectivity index (χ1n) is 6.45. The summed E-state index contributed by atoms with van der Waals surface area (Å²) in [4.78, 5) is 10.4. The van der Waals surface area contributed by atoms with E-state index in [0.29, 0.717) is 0 Å². The van der Waals surface area contributed by atoms with Crippen LogP contribution in [0, 0.1) is 0 Å². The minimum atomic E-state index is -0.400. The van der Waals surface area contributed by atoms with Gasteiger partial charge in [0.1, 0.15) is 0 Å². The van der Waals surface area contributed by atoms with Gasteiger partial charge in [-0.1, -0.05) is 55.0 Å². The van der Waals surface area contributed by atoms with Crippen molar-refractivity contribution in [2.24, 2.45) is 5.73 Å². The zero-order chi connectivity index (χ0) is 13.1. The molecule has 0 radical (unpaired) electrons. The third-order valence-electron chi connectivity index (χ3n) is 2.69. The Labute approximate surface area is 109 Å². The SMILES string of the molecule is NC(=O)/C=C/C=C/CCCCCc1ccccc1. The lowest BCUT2D eigenvalue weighted by atomic mass is 10.1. The van der Waals surface area contributed by atoms with Crippen molar-refractivity contribution >= 4 is 5.91 Å². The Hall–Kier alpha value is -1.83. The van der Waals surface area contributed by atoms with Gasteiger partial charge in [0.2, 0.25) is 5.91 Å². The van der Waals surface area contributed by atoms with Gasteiger partial charge >= 0.3 is 0 Å². The van der Waals surface area contributed by atoms with E-state index in [1.165, 1.54) is 30.9 Å². The molecule has 1 rings (SSSR count). The number of carbonyl (C=O) groups is 1. The fourth-order valence-electron chi connectivity index (χ4n) is 1.74. The van der Waals surface area contributed by atoms with Gasteiger partial charge in [0, 0.05) is 6.08 Å². The summed E-state index contributed by atoms with van der Waals surface area (Å²) in [6.45, 7) is 0. The second-order valence-corrected chi connectivity index (χ2v) is 4.27. The quantitative estimate of drug-likeness (QED) is 0.424. The van der Waals surface area contributed by atoms with Crippen LogP contribution >= 0.6 is 0 Å². The number of hydrogen-bond acceptors (Lipinski definition) is 1. The number of nitrogens with two attached hydrogens (primary N) is 1. The van der Waals surface area contributed by atoms with Crippen LogP contribution in [0.4, 0.5) is 0 Å². The van der Waals surface area contributed by atoms with Gasteiger partial charge in [-0.3, -0.25) is 4.79 Å². The highest BCUT2D eigenvalue weighted by Crippen LogP contribution is 2.07. The average molecular weight is 243 g/mol. The number of carbonyl (C=O) groups excluding carboxylic acids is 1. The van der Waals surface area contributed by atoms with Crippen LogP contribution in [-0.4, -0.2) is 5.91 Å². The molecule has 0 fully saturated rings. The molecule has 0 bridgehead atoms. The van der Waals surface area contributed by atoms with E-state index in [0.717, 1.165) is 12.8 Å². The maximum absolute atomic E-state index is 10.4. The molecule has 2 heteroatoms. The number of benzene rings is 1. The van der Waals surface area contributed by atoms with Crippen molar-refractivity contribution in [3.63, 3.8) is 0 Å². The molecule has 0 aromatic heterocycles. The Morgan fingerprint density at radius 2 is 1.83 bits per heavy atom. The second-order valence-electron chi connectivity index (χ2n) is 4.27. The summed E-state index contributed by atoms with van der Waals surface area (Å²) >= 11 is 0. The number of amides is 1. The fourth-order valence-corrected chi connectivity index (χ4v) is 1.74. The van der Waals surface area contributed by atoms with E-state index in [9.17, 15) is 4.79 Å². The molecule has 0 heterocycles. The van der Waals surface area contributed by atoms with Crippen LogP contribution < -0.4 is 5.73 Å². The number of rotatable bonds is 8. The first-order valence-corrected chi connectivity index (χ1v) is 6.45. The molecule has 0 aliphatic carbocycles. The molecule has 18 heavy (non-hydrogen) atoms. The predicted molar refractivity (Wildman–Crippen MR) is 76.1 cm³/mol. The smallest absolute Gasteiger partial charge is 0.241 e. The molecule has 2 N–H and O–H groups in total. The Bertz CT molecular complexity index is 393. The number of primary amides is 1. The van der Waals surface area contributed by atoms with Gasteiger partial charge in [0.05, 0.1) is 0 Å². The highest BCUT2D eigenvalue weighted by molar-refractivity contribution is 5.85. The van der Waals surface area contributed by atoms with Crippen molar-refractivity contribution in [3.8, 4) is 0 Å². The molecule has 1 amide bonds. The summed E-state index contributed by atoms with van der Waals surface area (Å²) in [6.07, 6.45) is 12.9. The summed E-state index contributed by atoms with van der Waals surface area (Å²) in [6, 6.07) is 10.6. The third kappa shape index (κ3) is 7.44. The van der Waals surface area contributed by atoms with Crippen LogP contribution in [0.2, 0.25) is 0 Å². The highest BCUT2D eigenvalue weighted by Gasteiger charge is 1.91. The third-order valence-corrected chi connectivity index (χ3v) is 2.69. The monoisotopic (exact) mass is 243 g/mol. The molecule has 0 saturated heterocycles. The minimum absolute atomic E-state index is 0.400. The van der Waals surface area contributed by atoms with Crippen molar-refractivity contribution < 1.29 is 4.79 Å². The Kier molecular flexibility index (Phi) is 7.29. The van der Waals surface area contributed by atoms with Crippen LogP contribution in [0.3, 0.4) is 0 Å². The summed E-state index contributed by atoms with van der Waals surface area (Å²) < 4.78 is 0. The first-order chi connectivity index (χ1) is 8.79. The van der Waals surface area contributed by atoms with E-state index in [1.54, 1.807) is 6.08 Å². The fraction of sp³-hybridized carbons (Fsp3) is 0.312. The van der Waals surface area contributed by atoms with Crippen LogP contribution in [0.15, 0.2) is 54.6 Å².